The van der Waals surface area contributed by atoms with Gasteiger partial charge in [-0.05, 0) is 156 Å². The van der Waals surface area contributed by atoms with Crippen LogP contribution in [-0.4, -0.2) is 29.7 Å². The zero-order chi connectivity index (χ0) is 31.8. The summed E-state index contributed by atoms with van der Waals surface area (Å²) < 4.78 is 6.16. The molecule has 43 heavy (non-hydrogen) atoms. The molecule has 0 aliphatic heterocycles. The highest BCUT2D eigenvalue weighted by atomic mass is 16.5. The van der Waals surface area contributed by atoms with E-state index in [2.05, 4.69) is 48.1 Å². The molecule has 0 spiro atoms. The van der Waals surface area contributed by atoms with E-state index in [-0.39, 0.29) is 29.3 Å². The molecule has 0 aromatic rings. The van der Waals surface area contributed by atoms with Crippen molar-refractivity contribution in [1.29, 1.82) is 0 Å². The van der Waals surface area contributed by atoms with Gasteiger partial charge in [0.25, 0.3) is 0 Å². The Hall–Kier alpha value is -1.36. The van der Waals surface area contributed by atoms with Crippen LogP contribution in [0, 0.1) is 62.1 Å². The molecule has 5 aliphatic rings. The van der Waals surface area contributed by atoms with Gasteiger partial charge in [-0.3, -0.25) is 9.59 Å². The number of aliphatic carboxylic acids is 1. The smallest absolute Gasteiger partial charge is 0.309 e. The predicted molar refractivity (Wildman–Crippen MR) is 173 cm³/mol. The third-order valence-corrected chi connectivity index (χ3v) is 15.5. The molecule has 0 aromatic heterocycles. The van der Waals surface area contributed by atoms with Crippen LogP contribution in [0.3, 0.4) is 0 Å². The van der Waals surface area contributed by atoms with Crippen LogP contribution in [0.4, 0.5) is 0 Å². The number of allylic oxidation sites excluding steroid dienone is 1. The molecule has 0 bridgehead atoms. The first-order valence-corrected chi connectivity index (χ1v) is 17.7. The highest BCUT2D eigenvalue weighted by molar-refractivity contribution is 5.81. The van der Waals surface area contributed by atoms with E-state index in [1.807, 2.05) is 0 Å². The van der Waals surface area contributed by atoms with Gasteiger partial charge in [-0.15, -0.1) is 0 Å². The molecular formula is C38H63NO4. The zero-order valence-corrected chi connectivity index (χ0v) is 28.8. The Labute approximate surface area is 262 Å². The van der Waals surface area contributed by atoms with E-state index in [0.717, 1.165) is 37.6 Å². The highest BCUT2D eigenvalue weighted by Crippen LogP contribution is 2.78. The molecule has 5 saturated carbocycles. The Bertz CT molecular complexity index is 1130. The second-order valence-corrected chi connectivity index (χ2v) is 18.1. The molecule has 0 heterocycles. The molecule has 0 amide bonds. The van der Waals surface area contributed by atoms with Crippen LogP contribution in [0.5, 0.6) is 0 Å². The number of ether oxygens (including phenoxy) is 1. The van der Waals surface area contributed by atoms with Gasteiger partial charge in [0.05, 0.1) is 11.8 Å². The molecule has 5 nitrogen and oxygen atoms in total. The molecule has 5 aliphatic carbocycles. The summed E-state index contributed by atoms with van der Waals surface area (Å²) in [6, 6.07) is 0. The normalized spacial score (nSPS) is 45.2. The molecular weight excluding hydrogens is 534 g/mol. The summed E-state index contributed by atoms with van der Waals surface area (Å²) in [5.74, 6) is 1.99. The van der Waals surface area contributed by atoms with Crippen molar-refractivity contribution in [2.24, 2.45) is 67.8 Å². The van der Waals surface area contributed by atoms with Gasteiger partial charge in [0.2, 0.25) is 0 Å². The van der Waals surface area contributed by atoms with E-state index >= 15 is 0 Å². The Morgan fingerprint density at radius 3 is 2.23 bits per heavy atom. The van der Waals surface area contributed by atoms with Crippen LogP contribution in [0.2, 0.25) is 0 Å². The average molecular weight is 598 g/mol. The van der Waals surface area contributed by atoms with Crippen molar-refractivity contribution >= 4 is 11.9 Å². The van der Waals surface area contributed by atoms with Crippen LogP contribution in [0.15, 0.2) is 12.2 Å². The van der Waals surface area contributed by atoms with Gasteiger partial charge in [-0.1, -0.05) is 46.8 Å². The minimum Gasteiger partial charge on any atom is -0.481 e. The molecule has 5 fully saturated rings. The van der Waals surface area contributed by atoms with E-state index in [0.29, 0.717) is 34.0 Å². The van der Waals surface area contributed by atoms with Crippen molar-refractivity contribution in [2.75, 3.05) is 6.54 Å². The number of nitrogens with two attached hydrogens (primary N) is 1. The second kappa shape index (κ2) is 10.9. The van der Waals surface area contributed by atoms with Crippen molar-refractivity contribution in [1.82, 2.24) is 0 Å². The third-order valence-electron chi connectivity index (χ3n) is 15.5. The first-order valence-electron chi connectivity index (χ1n) is 17.7. The first kappa shape index (κ1) is 33.0. The summed E-state index contributed by atoms with van der Waals surface area (Å²) in [5, 5.41) is 9.55. The maximum absolute atomic E-state index is 13.0. The molecule has 3 unspecified atom stereocenters. The Kier molecular flexibility index (Phi) is 8.35. The number of carboxylic acid groups (broad SMARTS) is 1. The molecule has 0 saturated heterocycles. The number of rotatable bonds is 8. The van der Waals surface area contributed by atoms with Gasteiger partial charge in [-0.2, -0.15) is 0 Å². The minimum absolute atomic E-state index is 0.0869. The van der Waals surface area contributed by atoms with Gasteiger partial charge in [0.15, 0.2) is 0 Å². The number of carbonyl (C=O) groups is 2. The lowest BCUT2D eigenvalue weighted by molar-refractivity contribution is -0.250. The van der Waals surface area contributed by atoms with E-state index < -0.39 is 11.4 Å². The standard InChI is InChI=1S/C38H63NO4/c1-24(2)25-13-19-38(16-10-22-39)21-20-36(8)26(31(25)38)11-12-28-35(7)17-15-29(43-30(40)23-33(3,4)32(41)42)34(5,6)27(35)14-18-37(28,36)9/h25-29,31H,1,10-23,39H2,2-9H3,(H,41,42)/t25-,26+,27?,28?,29-,31?,35-,36+,37+,38+/m0/s1. The second-order valence-electron chi connectivity index (χ2n) is 18.1. The number of hydrogen-bond acceptors (Lipinski definition) is 4. The fourth-order valence-corrected chi connectivity index (χ4v) is 13.0. The van der Waals surface area contributed by atoms with Gasteiger partial charge in [0, 0.05) is 5.41 Å². The van der Waals surface area contributed by atoms with Crippen LogP contribution in [0.1, 0.15) is 139 Å². The third kappa shape index (κ3) is 4.87. The lowest BCUT2D eigenvalue weighted by Gasteiger charge is -2.73. The van der Waals surface area contributed by atoms with Crippen molar-refractivity contribution in [3.8, 4) is 0 Å². The summed E-state index contributed by atoms with van der Waals surface area (Å²) in [7, 11) is 0. The van der Waals surface area contributed by atoms with E-state index in [1.54, 1.807) is 13.8 Å². The van der Waals surface area contributed by atoms with Crippen molar-refractivity contribution in [3.05, 3.63) is 12.2 Å². The maximum atomic E-state index is 13.0. The maximum Gasteiger partial charge on any atom is 0.309 e. The minimum atomic E-state index is -1.12. The Balaban J connectivity index is 1.41. The SMILES string of the molecule is C=C(C)[C@@H]1CC[C@]2(CCCN)CC[C@]3(C)[C@H](CCC4[C@@]5(C)CC[C@H](OC(=O)CC(C)(C)C(=O)O)C(C)(C)C5CC[C@]43C)C12. The fraction of sp³-hybridized carbons (Fsp3) is 0.895. The molecule has 3 N–H and O–H groups in total. The van der Waals surface area contributed by atoms with Gasteiger partial charge >= 0.3 is 11.9 Å². The van der Waals surface area contributed by atoms with Crippen LogP contribution in [0.25, 0.3) is 0 Å². The summed E-state index contributed by atoms with van der Waals surface area (Å²) >= 11 is 0. The van der Waals surface area contributed by atoms with Crippen LogP contribution in [-0.2, 0) is 14.3 Å². The molecule has 10 atom stereocenters. The molecule has 0 aromatic carbocycles. The predicted octanol–water partition coefficient (Wildman–Crippen LogP) is 8.80. The topological polar surface area (TPSA) is 89.6 Å². The monoisotopic (exact) mass is 597 g/mol. The van der Waals surface area contributed by atoms with Gasteiger partial charge in [0.1, 0.15) is 6.10 Å². The summed E-state index contributed by atoms with van der Waals surface area (Å²) in [5.41, 5.74) is 7.54. The Morgan fingerprint density at radius 1 is 0.907 bits per heavy atom. The van der Waals surface area contributed by atoms with Crippen LogP contribution < -0.4 is 5.73 Å². The molecule has 5 heteroatoms. The quantitative estimate of drug-likeness (QED) is 0.216. The number of esters is 1. The lowest BCUT2D eigenvalue weighted by atomic mass is 9.32. The highest BCUT2D eigenvalue weighted by Gasteiger charge is 2.71. The summed E-state index contributed by atoms with van der Waals surface area (Å²) in [6.45, 7) is 23.5. The summed E-state index contributed by atoms with van der Waals surface area (Å²) in [4.78, 5) is 24.7. The number of carbonyl (C=O) groups excluding carboxylic acids is 1. The van der Waals surface area contributed by atoms with Crippen molar-refractivity contribution in [2.45, 2.75) is 145 Å². The number of carboxylic acids is 1. The largest absolute Gasteiger partial charge is 0.481 e. The van der Waals surface area contributed by atoms with Crippen molar-refractivity contribution < 1.29 is 19.4 Å². The number of hydrogen-bond donors (Lipinski definition) is 2. The fourth-order valence-electron chi connectivity index (χ4n) is 13.0. The van der Waals surface area contributed by atoms with E-state index in [9.17, 15) is 14.7 Å². The van der Waals surface area contributed by atoms with Crippen LogP contribution >= 0.6 is 0 Å². The lowest BCUT2D eigenvalue weighted by Crippen LogP contribution is -2.66. The van der Waals surface area contributed by atoms with Gasteiger partial charge in [-0.25, -0.2) is 0 Å². The summed E-state index contributed by atoms with van der Waals surface area (Å²) in [6.07, 6.45) is 14.6. The van der Waals surface area contributed by atoms with E-state index in [4.69, 9.17) is 10.5 Å². The van der Waals surface area contributed by atoms with Gasteiger partial charge < -0.3 is 15.6 Å². The zero-order valence-electron chi connectivity index (χ0n) is 28.8. The first-order chi connectivity index (χ1) is 19.9. The number of fused-ring (bicyclic) bond motifs is 7. The molecule has 244 valence electrons. The average Bonchev–Trinajstić information content (AvgIpc) is 3.29. The molecule has 0 radical (unpaired) electrons. The Morgan fingerprint density at radius 2 is 1.60 bits per heavy atom. The van der Waals surface area contributed by atoms with E-state index in [1.165, 1.54) is 63.4 Å². The van der Waals surface area contributed by atoms with Crippen molar-refractivity contribution in [3.63, 3.8) is 0 Å². The molecule has 5 rings (SSSR count).